The maximum Gasteiger partial charge on any atom is 0.325 e. The van der Waals surface area contributed by atoms with Gasteiger partial charge in [-0.2, -0.15) is 0 Å². The van der Waals surface area contributed by atoms with Gasteiger partial charge in [-0.1, -0.05) is 48.5 Å². The topological polar surface area (TPSA) is 80.6 Å². The number of nitrogens with zero attached hydrogens (tertiary/aromatic N) is 2. The molecule has 0 bridgehead atoms. The molecule has 1 atom stereocenters. The van der Waals surface area contributed by atoms with E-state index in [2.05, 4.69) is 22.0 Å². The summed E-state index contributed by atoms with van der Waals surface area (Å²) < 4.78 is 7.50. The van der Waals surface area contributed by atoms with Crippen molar-refractivity contribution < 1.29 is 19.1 Å². The summed E-state index contributed by atoms with van der Waals surface area (Å²) in [5.41, 5.74) is 3.23. The number of methoxy groups -OCH3 is 1. The van der Waals surface area contributed by atoms with E-state index in [4.69, 9.17) is 4.74 Å². The van der Waals surface area contributed by atoms with Gasteiger partial charge in [0.2, 0.25) is 0 Å². The Morgan fingerprint density at radius 1 is 1.03 bits per heavy atom. The molecule has 2 heterocycles. The molecule has 1 saturated heterocycles. The minimum Gasteiger partial charge on any atom is -0.496 e. The van der Waals surface area contributed by atoms with E-state index in [9.17, 15) is 14.4 Å². The van der Waals surface area contributed by atoms with Crippen molar-refractivity contribution in [3.63, 3.8) is 0 Å². The standard InChI is InChI=1S/C28H31N3O4/c1-19-16-23(20(2)30(19)15-14-21-10-6-5-7-11-21)24(32)18-31-26(33)28(3,29-27(31)34)17-22-12-8-9-13-25(22)35-4/h5-13,16H,14-15,17-18H2,1-4H3,(H,29,34)/t28-/m0/s1. The molecule has 7 heteroatoms. The summed E-state index contributed by atoms with van der Waals surface area (Å²) in [6.07, 6.45) is 1.11. The number of amides is 3. The Labute approximate surface area is 205 Å². The fourth-order valence-electron chi connectivity index (χ4n) is 4.78. The molecule has 1 aliphatic heterocycles. The summed E-state index contributed by atoms with van der Waals surface area (Å²) in [7, 11) is 1.57. The second-order valence-corrected chi connectivity index (χ2v) is 9.24. The number of nitrogens with one attached hydrogen (secondary N) is 1. The third kappa shape index (κ3) is 4.85. The van der Waals surface area contributed by atoms with Crippen molar-refractivity contribution in [2.24, 2.45) is 0 Å². The molecule has 0 radical (unpaired) electrons. The number of hydrogen-bond acceptors (Lipinski definition) is 4. The van der Waals surface area contributed by atoms with Crippen molar-refractivity contribution >= 4 is 17.7 Å². The summed E-state index contributed by atoms with van der Waals surface area (Å²) >= 11 is 0. The molecule has 0 saturated carbocycles. The van der Waals surface area contributed by atoms with Crippen LogP contribution in [-0.4, -0.2) is 46.4 Å². The molecule has 0 spiro atoms. The van der Waals surface area contributed by atoms with Crippen LogP contribution in [0.2, 0.25) is 0 Å². The molecule has 35 heavy (non-hydrogen) atoms. The molecule has 182 valence electrons. The molecule has 1 fully saturated rings. The van der Waals surface area contributed by atoms with Crippen LogP contribution in [0.15, 0.2) is 60.7 Å². The number of aromatic nitrogens is 1. The first-order chi connectivity index (χ1) is 16.7. The minimum absolute atomic E-state index is 0.255. The lowest BCUT2D eigenvalue weighted by atomic mass is 9.92. The third-order valence-corrected chi connectivity index (χ3v) is 6.72. The quantitative estimate of drug-likeness (QED) is 0.375. The number of para-hydroxylation sites is 1. The van der Waals surface area contributed by atoms with Gasteiger partial charge in [-0.3, -0.25) is 14.5 Å². The Morgan fingerprint density at radius 2 is 1.71 bits per heavy atom. The normalized spacial score (nSPS) is 17.5. The van der Waals surface area contributed by atoms with E-state index >= 15 is 0 Å². The maximum atomic E-state index is 13.3. The molecular formula is C28H31N3O4. The number of urea groups is 1. The second kappa shape index (κ2) is 9.78. The van der Waals surface area contributed by atoms with Gasteiger partial charge in [0.1, 0.15) is 11.3 Å². The van der Waals surface area contributed by atoms with Crippen LogP contribution < -0.4 is 10.1 Å². The maximum absolute atomic E-state index is 13.3. The molecule has 1 aliphatic rings. The molecule has 3 amide bonds. The van der Waals surface area contributed by atoms with Gasteiger partial charge in [0.05, 0.1) is 13.7 Å². The fourth-order valence-corrected chi connectivity index (χ4v) is 4.78. The first kappa shape index (κ1) is 24.3. The lowest BCUT2D eigenvalue weighted by molar-refractivity contribution is -0.130. The van der Waals surface area contributed by atoms with E-state index in [0.717, 1.165) is 34.8 Å². The van der Waals surface area contributed by atoms with Crippen molar-refractivity contribution in [3.05, 3.63) is 88.7 Å². The van der Waals surface area contributed by atoms with Crippen molar-refractivity contribution in [2.45, 2.75) is 45.7 Å². The van der Waals surface area contributed by atoms with E-state index in [1.165, 1.54) is 5.56 Å². The number of hydrogen-bond donors (Lipinski definition) is 1. The molecule has 4 rings (SSSR count). The van der Waals surface area contributed by atoms with Crippen molar-refractivity contribution in [3.8, 4) is 5.75 Å². The van der Waals surface area contributed by atoms with Gasteiger partial charge < -0.3 is 14.6 Å². The highest BCUT2D eigenvalue weighted by Crippen LogP contribution is 2.28. The Hall–Kier alpha value is -3.87. The highest BCUT2D eigenvalue weighted by Gasteiger charge is 2.48. The summed E-state index contributed by atoms with van der Waals surface area (Å²) in [5.74, 6) is -0.0259. The molecule has 2 aromatic carbocycles. The first-order valence-corrected chi connectivity index (χ1v) is 11.7. The molecule has 1 N–H and O–H groups in total. The molecule has 0 aliphatic carbocycles. The lowest BCUT2D eigenvalue weighted by Gasteiger charge is -2.22. The summed E-state index contributed by atoms with van der Waals surface area (Å²) in [6.45, 7) is 6.00. The van der Waals surface area contributed by atoms with Gasteiger partial charge in [0, 0.05) is 29.9 Å². The average Bonchev–Trinajstić information content (AvgIpc) is 3.25. The number of aryl methyl sites for hydroxylation is 2. The third-order valence-electron chi connectivity index (χ3n) is 6.72. The van der Waals surface area contributed by atoms with Crippen LogP contribution >= 0.6 is 0 Å². The van der Waals surface area contributed by atoms with E-state index in [-0.39, 0.29) is 18.7 Å². The van der Waals surface area contributed by atoms with Gasteiger partial charge in [-0.25, -0.2) is 4.79 Å². The number of carbonyl (C=O) groups is 3. The van der Waals surface area contributed by atoms with Gasteiger partial charge >= 0.3 is 6.03 Å². The van der Waals surface area contributed by atoms with Crippen molar-refractivity contribution in [2.75, 3.05) is 13.7 Å². The Morgan fingerprint density at radius 3 is 2.43 bits per heavy atom. The lowest BCUT2D eigenvalue weighted by Crippen LogP contribution is -2.46. The number of benzene rings is 2. The number of Topliss-reactive ketones (excluding diaryl/α,β-unsaturated/α-hetero) is 1. The Kier molecular flexibility index (Phi) is 6.78. The van der Waals surface area contributed by atoms with Gasteiger partial charge in [0.25, 0.3) is 5.91 Å². The summed E-state index contributed by atoms with van der Waals surface area (Å²) in [6, 6.07) is 18.9. The Bertz CT molecular complexity index is 1260. The summed E-state index contributed by atoms with van der Waals surface area (Å²) in [4.78, 5) is 40.2. The first-order valence-electron chi connectivity index (χ1n) is 11.7. The molecule has 7 nitrogen and oxygen atoms in total. The highest BCUT2D eigenvalue weighted by molar-refractivity contribution is 6.11. The zero-order valence-corrected chi connectivity index (χ0v) is 20.6. The highest BCUT2D eigenvalue weighted by atomic mass is 16.5. The largest absolute Gasteiger partial charge is 0.496 e. The minimum atomic E-state index is -1.15. The van der Waals surface area contributed by atoms with E-state index < -0.39 is 17.5 Å². The molecule has 0 unspecified atom stereocenters. The number of carbonyl (C=O) groups excluding carboxylic acids is 3. The zero-order chi connectivity index (χ0) is 25.2. The number of ketones is 1. The van der Waals surface area contributed by atoms with Crippen LogP contribution in [-0.2, 0) is 24.2 Å². The predicted octanol–water partition coefficient (Wildman–Crippen LogP) is 4.09. The van der Waals surface area contributed by atoms with Crippen LogP contribution in [0, 0.1) is 13.8 Å². The van der Waals surface area contributed by atoms with E-state index in [1.807, 2.05) is 62.4 Å². The monoisotopic (exact) mass is 473 g/mol. The predicted molar refractivity (Wildman–Crippen MR) is 134 cm³/mol. The van der Waals surface area contributed by atoms with Crippen molar-refractivity contribution in [1.82, 2.24) is 14.8 Å². The van der Waals surface area contributed by atoms with Crippen LogP contribution in [0.25, 0.3) is 0 Å². The van der Waals surface area contributed by atoms with Gasteiger partial charge in [0.15, 0.2) is 5.78 Å². The average molecular weight is 474 g/mol. The number of ether oxygens (including phenoxy) is 1. The van der Waals surface area contributed by atoms with Gasteiger partial charge in [-0.15, -0.1) is 0 Å². The van der Waals surface area contributed by atoms with Gasteiger partial charge in [-0.05, 0) is 50.5 Å². The van der Waals surface area contributed by atoms with Crippen LogP contribution in [0.4, 0.5) is 4.79 Å². The zero-order valence-electron chi connectivity index (χ0n) is 20.6. The molecule has 3 aromatic rings. The number of rotatable bonds is 9. The second-order valence-electron chi connectivity index (χ2n) is 9.24. The van der Waals surface area contributed by atoms with E-state index in [0.29, 0.717) is 11.3 Å². The smallest absolute Gasteiger partial charge is 0.325 e. The fraction of sp³-hybridized carbons (Fsp3) is 0.321. The van der Waals surface area contributed by atoms with Crippen LogP contribution in [0.3, 0.4) is 0 Å². The summed E-state index contributed by atoms with van der Waals surface area (Å²) in [5, 5.41) is 2.78. The SMILES string of the molecule is COc1ccccc1C[C@]1(C)NC(=O)N(CC(=O)c2cc(C)n(CCc3ccccc3)c2C)C1=O. The number of imide groups is 1. The van der Waals surface area contributed by atoms with Crippen LogP contribution in [0.5, 0.6) is 5.75 Å². The molecule has 1 aromatic heterocycles. The van der Waals surface area contributed by atoms with Crippen molar-refractivity contribution in [1.29, 1.82) is 0 Å². The Balaban J connectivity index is 1.48. The molecular weight excluding hydrogens is 442 g/mol. The van der Waals surface area contributed by atoms with Crippen LogP contribution in [0.1, 0.15) is 39.8 Å². The van der Waals surface area contributed by atoms with E-state index in [1.54, 1.807) is 14.0 Å².